The zero-order valence-corrected chi connectivity index (χ0v) is 14.6. The molecule has 0 radical (unpaired) electrons. The maximum Gasteiger partial charge on any atom is 0.248 e. The van der Waals surface area contributed by atoms with Crippen LogP contribution in [0.25, 0.3) is 0 Å². The summed E-state index contributed by atoms with van der Waals surface area (Å²) in [5.74, 6) is -0.0933. The molecule has 0 saturated carbocycles. The Hall–Kier alpha value is -2.19. The van der Waals surface area contributed by atoms with E-state index in [0.29, 0.717) is 18.9 Å². The van der Waals surface area contributed by atoms with Gasteiger partial charge in [0.05, 0.1) is 13.1 Å². The molecule has 1 atom stereocenters. The van der Waals surface area contributed by atoms with E-state index in [1.165, 1.54) is 12.1 Å². The van der Waals surface area contributed by atoms with Gasteiger partial charge in [-0.05, 0) is 37.1 Å². The molecule has 2 saturated heterocycles. The number of primary amides is 1. The Morgan fingerprint density at radius 1 is 1.27 bits per heavy atom. The molecule has 2 aliphatic heterocycles. The van der Waals surface area contributed by atoms with Gasteiger partial charge in [-0.15, -0.1) is 0 Å². The first-order chi connectivity index (χ1) is 12.5. The Labute approximate surface area is 151 Å². The molecule has 3 rings (SSSR count). The minimum Gasteiger partial charge on any atom is -0.491 e. The Morgan fingerprint density at radius 2 is 1.96 bits per heavy atom. The summed E-state index contributed by atoms with van der Waals surface area (Å²) in [7, 11) is 0. The van der Waals surface area contributed by atoms with Gasteiger partial charge in [0, 0.05) is 19.1 Å². The van der Waals surface area contributed by atoms with E-state index in [1.54, 1.807) is 12.1 Å². The summed E-state index contributed by atoms with van der Waals surface area (Å²) in [6, 6.07) is 5.95. The van der Waals surface area contributed by atoms with Crippen molar-refractivity contribution in [3.8, 4) is 5.75 Å². The fourth-order valence-corrected chi connectivity index (χ4v) is 3.43. The minimum absolute atomic E-state index is 0.0172. The lowest BCUT2D eigenvalue weighted by Crippen LogP contribution is -2.55. The van der Waals surface area contributed by atoms with Crippen LogP contribution in [0.1, 0.15) is 12.8 Å². The van der Waals surface area contributed by atoms with E-state index >= 15 is 0 Å². The first-order valence-corrected chi connectivity index (χ1v) is 8.81. The lowest BCUT2D eigenvalue weighted by Gasteiger charge is -2.41. The fourth-order valence-electron chi connectivity index (χ4n) is 3.43. The molecule has 7 nitrogen and oxygen atoms in total. The van der Waals surface area contributed by atoms with Gasteiger partial charge in [0.25, 0.3) is 0 Å². The average Bonchev–Trinajstić information content (AvgIpc) is 2.63. The number of hydrogen-bond donors (Lipinski definition) is 1. The van der Waals surface area contributed by atoms with Crippen LogP contribution in [0.2, 0.25) is 0 Å². The monoisotopic (exact) mass is 365 g/mol. The minimum atomic E-state index is -0.330. The molecule has 1 aromatic rings. The summed E-state index contributed by atoms with van der Waals surface area (Å²) in [6.07, 6.45) is 1.40. The van der Waals surface area contributed by atoms with Gasteiger partial charge in [-0.25, -0.2) is 4.39 Å². The average molecular weight is 365 g/mol. The second kappa shape index (κ2) is 8.46. The Bertz CT molecular complexity index is 632. The van der Waals surface area contributed by atoms with Crippen molar-refractivity contribution in [3.05, 3.63) is 30.1 Å². The Morgan fingerprint density at radius 3 is 2.62 bits per heavy atom. The first kappa shape index (κ1) is 18.6. The molecule has 2 N–H and O–H groups in total. The standard InChI is InChI=1S/C18H24FN3O4/c19-13-1-3-15(4-2-13)25-11-16-9-22(18(24)12-26-16)14-5-7-21(8-6-14)10-17(20)23/h1-4,14,16H,5-12H2,(H2,20,23)/t16-/m0/s1. The van der Waals surface area contributed by atoms with Crippen LogP contribution in [0.5, 0.6) is 5.75 Å². The third kappa shape index (κ3) is 4.92. The number of rotatable bonds is 6. The van der Waals surface area contributed by atoms with Crippen LogP contribution in [-0.4, -0.2) is 73.2 Å². The lowest BCUT2D eigenvalue weighted by atomic mass is 10.0. The van der Waals surface area contributed by atoms with Gasteiger partial charge in [0.15, 0.2) is 0 Å². The van der Waals surface area contributed by atoms with E-state index in [9.17, 15) is 14.0 Å². The number of likely N-dealkylation sites (tertiary alicyclic amines) is 1. The molecule has 0 aromatic heterocycles. The number of piperidine rings is 1. The van der Waals surface area contributed by atoms with Crippen LogP contribution in [-0.2, 0) is 14.3 Å². The molecule has 2 fully saturated rings. The van der Waals surface area contributed by atoms with Gasteiger partial charge >= 0.3 is 0 Å². The Balaban J connectivity index is 1.49. The van der Waals surface area contributed by atoms with Crippen molar-refractivity contribution in [1.82, 2.24) is 9.80 Å². The van der Waals surface area contributed by atoms with Crippen molar-refractivity contribution < 1.29 is 23.5 Å². The summed E-state index contributed by atoms with van der Waals surface area (Å²) < 4.78 is 24.1. The van der Waals surface area contributed by atoms with Gasteiger partial charge < -0.3 is 20.1 Å². The predicted molar refractivity (Wildman–Crippen MR) is 92.0 cm³/mol. The van der Waals surface area contributed by atoms with Gasteiger partial charge in [0.2, 0.25) is 11.8 Å². The molecule has 0 spiro atoms. The molecule has 2 aliphatic rings. The summed E-state index contributed by atoms with van der Waals surface area (Å²) >= 11 is 0. The molecule has 2 heterocycles. The number of halogens is 1. The maximum absolute atomic E-state index is 12.9. The van der Waals surface area contributed by atoms with Crippen LogP contribution >= 0.6 is 0 Å². The molecule has 0 unspecified atom stereocenters. The number of nitrogens with two attached hydrogens (primary N) is 1. The van der Waals surface area contributed by atoms with Crippen LogP contribution in [0.3, 0.4) is 0 Å². The van der Waals surface area contributed by atoms with E-state index in [0.717, 1.165) is 25.9 Å². The largest absolute Gasteiger partial charge is 0.491 e. The quantitative estimate of drug-likeness (QED) is 0.788. The van der Waals surface area contributed by atoms with E-state index in [-0.39, 0.29) is 42.9 Å². The third-order valence-corrected chi connectivity index (χ3v) is 4.79. The molecule has 8 heteroatoms. The molecule has 1 aromatic carbocycles. The number of carbonyl (C=O) groups is 2. The van der Waals surface area contributed by atoms with Crippen molar-refractivity contribution in [1.29, 1.82) is 0 Å². The number of hydrogen-bond acceptors (Lipinski definition) is 5. The van der Waals surface area contributed by atoms with Crippen molar-refractivity contribution in [2.24, 2.45) is 5.73 Å². The van der Waals surface area contributed by atoms with Crippen molar-refractivity contribution >= 4 is 11.8 Å². The molecule has 142 valence electrons. The highest BCUT2D eigenvalue weighted by Gasteiger charge is 2.33. The lowest BCUT2D eigenvalue weighted by molar-refractivity contribution is -0.155. The number of ether oxygens (including phenoxy) is 2. The van der Waals surface area contributed by atoms with Crippen LogP contribution in [0, 0.1) is 5.82 Å². The van der Waals surface area contributed by atoms with E-state index < -0.39 is 0 Å². The summed E-state index contributed by atoms with van der Waals surface area (Å²) in [4.78, 5) is 27.1. The normalized spacial score (nSPS) is 22.4. The maximum atomic E-state index is 12.9. The smallest absolute Gasteiger partial charge is 0.248 e. The van der Waals surface area contributed by atoms with Crippen LogP contribution in [0.4, 0.5) is 4.39 Å². The van der Waals surface area contributed by atoms with Crippen molar-refractivity contribution in [3.63, 3.8) is 0 Å². The number of amides is 2. The van der Waals surface area contributed by atoms with Crippen molar-refractivity contribution in [2.45, 2.75) is 25.0 Å². The van der Waals surface area contributed by atoms with Crippen LogP contribution < -0.4 is 10.5 Å². The number of benzene rings is 1. The molecule has 2 amide bonds. The fraction of sp³-hybridized carbons (Fsp3) is 0.556. The Kier molecular flexibility index (Phi) is 6.05. The zero-order chi connectivity index (χ0) is 18.5. The summed E-state index contributed by atoms with van der Waals surface area (Å²) in [5, 5.41) is 0. The highest BCUT2D eigenvalue weighted by Crippen LogP contribution is 2.21. The number of carbonyl (C=O) groups excluding carboxylic acids is 2. The van der Waals surface area contributed by atoms with Gasteiger partial charge in [-0.3, -0.25) is 14.5 Å². The second-order valence-electron chi connectivity index (χ2n) is 6.72. The predicted octanol–water partition coefficient (Wildman–Crippen LogP) is 0.382. The van der Waals surface area contributed by atoms with E-state index in [1.807, 2.05) is 9.80 Å². The third-order valence-electron chi connectivity index (χ3n) is 4.79. The number of morpholine rings is 1. The molecule has 26 heavy (non-hydrogen) atoms. The van der Waals surface area contributed by atoms with E-state index in [4.69, 9.17) is 15.2 Å². The van der Waals surface area contributed by atoms with Gasteiger partial charge in [0.1, 0.15) is 30.9 Å². The highest BCUT2D eigenvalue weighted by molar-refractivity contribution is 5.78. The second-order valence-corrected chi connectivity index (χ2v) is 6.72. The topological polar surface area (TPSA) is 85.1 Å². The molecular formula is C18H24FN3O4. The van der Waals surface area contributed by atoms with Gasteiger partial charge in [-0.1, -0.05) is 0 Å². The highest BCUT2D eigenvalue weighted by atomic mass is 19.1. The van der Waals surface area contributed by atoms with Gasteiger partial charge in [-0.2, -0.15) is 0 Å². The molecule has 0 bridgehead atoms. The van der Waals surface area contributed by atoms with Crippen LogP contribution in [0.15, 0.2) is 24.3 Å². The van der Waals surface area contributed by atoms with E-state index in [2.05, 4.69) is 0 Å². The zero-order valence-electron chi connectivity index (χ0n) is 14.6. The van der Waals surface area contributed by atoms with Crippen molar-refractivity contribution in [2.75, 3.05) is 39.4 Å². The summed E-state index contributed by atoms with van der Waals surface area (Å²) in [5.41, 5.74) is 5.23. The number of nitrogens with zero attached hydrogens (tertiary/aromatic N) is 2. The first-order valence-electron chi connectivity index (χ1n) is 8.81. The SMILES string of the molecule is NC(=O)CN1CCC(N2C[C@@H](COc3ccc(F)cc3)OCC2=O)CC1. The molecule has 0 aliphatic carbocycles. The molecular weight excluding hydrogens is 341 g/mol. The summed E-state index contributed by atoms with van der Waals surface area (Å²) in [6.45, 7) is 2.57.